The fourth-order valence-corrected chi connectivity index (χ4v) is 3.66. The van der Waals surface area contributed by atoms with Crippen molar-refractivity contribution in [1.82, 2.24) is 0 Å². The summed E-state index contributed by atoms with van der Waals surface area (Å²) < 4.78 is 1.32. The van der Waals surface area contributed by atoms with Crippen molar-refractivity contribution in [3.8, 4) is 0 Å². The van der Waals surface area contributed by atoms with Crippen molar-refractivity contribution in [3.63, 3.8) is 0 Å². The van der Waals surface area contributed by atoms with Gasteiger partial charge in [0, 0.05) is 15.3 Å². The lowest BCUT2D eigenvalue weighted by Gasteiger charge is -2.30. The van der Waals surface area contributed by atoms with Gasteiger partial charge < -0.3 is 5.32 Å². The third-order valence-electron chi connectivity index (χ3n) is 4.09. The van der Waals surface area contributed by atoms with Gasteiger partial charge in [0.05, 0.1) is 0 Å². The zero-order valence-corrected chi connectivity index (χ0v) is 13.7. The Morgan fingerprint density at radius 1 is 1.22 bits per heavy atom. The third kappa shape index (κ3) is 3.87. The molecule has 1 aromatic carbocycles. The summed E-state index contributed by atoms with van der Waals surface area (Å²) in [6, 6.07) is 7.37. The van der Waals surface area contributed by atoms with Crippen molar-refractivity contribution in [2.45, 2.75) is 58.4 Å². The van der Waals surface area contributed by atoms with Crippen LogP contribution in [-0.4, -0.2) is 6.04 Å². The van der Waals surface area contributed by atoms with Crippen LogP contribution in [0.5, 0.6) is 0 Å². The summed E-state index contributed by atoms with van der Waals surface area (Å²) in [5.74, 6) is 0.992. The van der Waals surface area contributed by atoms with Crippen LogP contribution in [0.25, 0.3) is 0 Å². The van der Waals surface area contributed by atoms with Gasteiger partial charge in [0.15, 0.2) is 0 Å². The highest BCUT2D eigenvalue weighted by atomic mass is 127. The molecule has 2 heteroatoms. The highest BCUT2D eigenvalue weighted by Gasteiger charge is 2.20. The Kier molecular flexibility index (Phi) is 5.34. The van der Waals surface area contributed by atoms with Gasteiger partial charge in [-0.25, -0.2) is 0 Å². The van der Waals surface area contributed by atoms with Crippen LogP contribution in [-0.2, 0) is 0 Å². The average Bonchev–Trinajstić information content (AvgIpc) is 2.35. The summed E-state index contributed by atoms with van der Waals surface area (Å²) in [4.78, 5) is 0. The first-order valence-electron chi connectivity index (χ1n) is 7.21. The molecule has 1 N–H and O–H groups in total. The maximum atomic E-state index is 3.74. The van der Waals surface area contributed by atoms with Crippen LogP contribution in [0.2, 0.25) is 0 Å². The van der Waals surface area contributed by atoms with Crippen molar-refractivity contribution in [2.24, 2.45) is 5.92 Å². The molecule has 1 saturated carbocycles. The van der Waals surface area contributed by atoms with E-state index in [2.05, 4.69) is 60.0 Å². The van der Waals surface area contributed by atoms with E-state index in [-0.39, 0.29) is 0 Å². The van der Waals surface area contributed by atoms with Crippen LogP contribution < -0.4 is 5.32 Å². The van der Waals surface area contributed by atoms with E-state index in [1.165, 1.54) is 53.3 Å². The van der Waals surface area contributed by atoms with E-state index in [9.17, 15) is 0 Å². The summed E-state index contributed by atoms with van der Waals surface area (Å²) in [5.41, 5.74) is 2.70. The van der Waals surface area contributed by atoms with Gasteiger partial charge >= 0.3 is 0 Å². The first kappa shape index (κ1) is 14.2. The quantitative estimate of drug-likeness (QED) is 0.715. The molecule has 0 atom stereocenters. The van der Waals surface area contributed by atoms with Crippen molar-refractivity contribution >= 4 is 28.3 Å². The van der Waals surface area contributed by atoms with Crippen LogP contribution in [0, 0.1) is 16.4 Å². The summed E-state index contributed by atoms with van der Waals surface area (Å²) in [6.45, 7) is 4.51. The molecule has 0 spiro atoms. The van der Waals surface area contributed by atoms with Gasteiger partial charge in [0.1, 0.15) is 0 Å². The summed E-state index contributed by atoms with van der Waals surface area (Å²) in [5, 5.41) is 3.74. The van der Waals surface area contributed by atoms with Gasteiger partial charge in [-0.1, -0.05) is 19.8 Å². The summed E-state index contributed by atoms with van der Waals surface area (Å²) in [6.07, 6.45) is 8.28. The summed E-state index contributed by atoms with van der Waals surface area (Å²) >= 11 is 2.38. The van der Waals surface area contributed by atoms with E-state index in [4.69, 9.17) is 0 Å². The molecule has 0 aliphatic heterocycles. The lowest BCUT2D eigenvalue weighted by atomic mass is 9.83. The zero-order chi connectivity index (χ0) is 13.0. The maximum absolute atomic E-state index is 3.74. The van der Waals surface area contributed by atoms with E-state index in [1.54, 1.807) is 0 Å². The van der Waals surface area contributed by atoms with Gasteiger partial charge in [0.25, 0.3) is 0 Å². The number of benzene rings is 1. The predicted molar refractivity (Wildman–Crippen MR) is 88.2 cm³/mol. The van der Waals surface area contributed by atoms with E-state index in [1.807, 2.05) is 0 Å². The molecule has 1 aliphatic carbocycles. The molecular formula is C16H24IN. The molecule has 0 radical (unpaired) electrons. The van der Waals surface area contributed by atoms with Crippen LogP contribution in [0.4, 0.5) is 5.69 Å². The average molecular weight is 357 g/mol. The first-order chi connectivity index (χ1) is 8.69. The lowest BCUT2D eigenvalue weighted by molar-refractivity contribution is 0.319. The number of hydrogen-bond donors (Lipinski definition) is 1. The predicted octanol–water partition coefficient (Wildman–Crippen LogP) is 5.37. The molecule has 1 nitrogen and oxygen atoms in total. The molecule has 0 saturated heterocycles. The van der Waals surface area contributed by atoms with Crippen molar-refractivity contribution in [2.75, 3.05) is 5.32 Å². The van der Waals surface area contributed by atoms with Gasteiger partial charge in [-0.15, -0.1) is 0 Å². The van der Waals surface area contributed by atoms with Gasteiger partial charge in [-0.2, -0.15) is 0 Å². The zero-order valence-electron chi connectivity index (χ0n) is 11.5. The van der Waals surface area contributed by atoms with Crippen molar-refractivity contribution in [3.05, 3.63) is 27.3 Å². The summed E-state index contributed by atoms with van der Waals surface area (Å²) in [7, 11) is 0. The molecule has 0 unspecified atom stereocenters. The molecule has 18 heavy (non-hydrogen) atoms. The molecule has 2 rings (SSSR count). The number of anilines is 1. The largest absolute Gasteiger partial charge is 0.382 e. The lowest BCUT2D eigenvalue weighted by Crippen LogP contribution is -2.26. The third-order valence-corrected chi connectivity index (χ3v) is 4.76. The SMILES string of the molecule is CCCC1CCC(Nc2ccc(I)cc2C)CC1. The van der Waals surface area contributed by atoms with E-state index in [0.717, 1.165) is 5.92 Å². The van der Waals surface area contributed by atoms with Gasteiger partial charge in [0.2, 0.25) is 0 Å². The minimum Gasteiger partial charge on any atom is -0.382 e. The second-order valence-corrected chi connectivity index (χ2v) is 6.86. The number of halogens is 1. The second-order valence-electron chi connectivity index (χ2n) is 5.61. The Hall–Kier alpha value is -0.250. The van der Waals surface area contributed by atoms with Crippen LogP contribution in [0.15, 0.2) is 18.2 Å². The Morgan fingerprint density at radius 2 is 1.94 bits per heavy atom. The molecule has 1 aliphatic rings. The van der Waals surface area contributed by atoms with Crippen LogP contribution in [0.3, 0.4) is 0 Å². The van der Waals surface area contributed by atoms with Gasteiger partial charge in [-0.05, 0) is 84.9 Å². The van der Waals surface area contributed by atoms with E-state index in [0.29, 0.717) is 6.04 Å². The molecule has 0 bridgehead atoms. The smallest absolute Gasteiger partial charge is 0.0372 e. The normalized spacial score (nSPS) is 23.9. The number of hydrogen-bond acceptors (Lipinski definition) is 1. The Balaban J connectivity index is 1.87. The van der Waals surface area contributed by atoms with Crippen molar-refractivity contribution < 1.29 is 0 Å². The van der Waals surface area contributed by atoms with Gasteiger partial charge in [-0.3, -0.25) is 0 Å². The molecule has 100 valence electrons. The Bertz CT molecular complexity index is 381. The van der Waals surface area contributed by atoms with E-state index >= 15 is 0 Å². The molecule has 1 aromatic rings. The number of aryl methyl sites for hydroxylation is 1. The molecule has 0 aromatic heterocycles. The minimum absolute atomic E-state index is 0.692. The first-order valence-corrected chi connectivity index (χ1v) is 8.29. The number of rotatable bonds is 4. The molecule has 0 amide bonds. The monoisotopic (exact) mass is 357 g/mol. The fraction of sp³-hybridized carbons (Fsp3) is 0.625. The standard InChI is InChI=1S/C16H24IN/c1-3-4-13-5-8-15(9-6-13)18-16-10-7-14(17)11-12(16)2/h7,10-11,13,15,18H,3-6,8-9H2,1-2H3. The van der Waals surface area contributed by atoms with Crippen LogP contribution in [0.1, 0.15) is 51.0 Å². The Labute approximate surface area is 125 Å². The fourth-order valence-electron chi connectivity index (χ4n) is 3.01. The highest BCUT2D eigenvalue weighted by Crippen LogP contribution is 2.30. The topological polar surface area (TPSA) is 12.0 Å². The second kappa shape index (κ2) is 6.78. The van der Waals surface area contributed by atoms with Crippen LogP contribution >= 0.6 is 22.6 Å². The molecule has 1 fully saturated rings. The molecule has 0 heterocycles. The Morgan fingerprint density at radius 3 is 2.56 bits per heavy atom. The molecular weight excluding hydrogens is 333 g/mol. The highest BCUT2D eigenvalue weighted by molar-refractivity contribution is 14.1. The number of nitrogens with one attached hydrogen (secondary N) is 1. The minimum atomic E-state index is 0.692. The van der Waals surface area contributed by atoms with E-state index < -0.39 is 0 Å². The maximum Gasteiger partial charge on any atom is 0.0372 e. The van der Waals surface area contributed by atoms with Crippen molar-refractivity contribution in [1.29, 1.82) is 0 Å².